The van der Waals surface area contributed by atoms with E-state index in [-0.39, 0.29) is 36.1 Å². The van der Waals surface area contributed by atoms with Crippen molar-refractivity contribution >= 4 is 35.9 Å². The molecule has 2 aliphatic heterocycles. The maximum absolute atomic E-state index is 14.3. The molecule has 3 aromatic carbocycles. The molecule has 0 spiro atoms. The Labute approximate surface area is 285 Å². The quantitative estimate of drug-likeness (QED) is 0.224. The molecule has 0 saturated carbocycles. The lowest BCUT2D eigenvalue weighted by atomic mass is 9.93. The number of likely N-dealkylation sites (tertiary alicyclic amines) is 1. The molecule has 2 saturated heterocycles. The van der Waals surface area contributed by atoms with E-state index in [2.05, 4.69) is 22.5 Å². The van der Waals surface area contributed by atoms with Crippen molar-refractivity contribution in [3.05, 3.63) is 89.0 Å². The van der Waals surface area contributed by atoms with Gasteiger partial charge >= 0.3 is 6.03 Å². The molecule has 2 heterocycles. The van der Waals surface area contributed by atoms with Crippen LogP contribution in [-0.4, -0.2) is 72.6 Å². The first-order valence-electron chi connectivity index (χ1n) is 16.0. The highest BCUT2D eigenvalue weighted by Crippen LogP contribution is 2.27. The van der Waals surface area contributed by atoms with Gasteiger partial charge in [0.05, 0.1) is 24.5 Å². The lowest BCUT2D eigenvalue weighted by molar-refractivity contribution is 0.0303. The molecule has 0 aliphatic carbocycles. The Kier molecular flexibility index (Phi) is 13.1. The van der Waals surface area contributed by atoms with Crippen molar-refractivity contribution in [1.82, 2.24) is 15.1 Å². The number of carbonyl (C=O) groups is 3. The van der Waals surface area contributed by atoms with Gasteiger partial charge in [0.2, 0.25) is 0 Å². The highest BCUT2D eigenvalue weighted by molar-refractivity contribution is 5.96. The average Bonchev–Trinajstić information content (AvgIpc) is 3.07. The predicted molar refractivity (Wildman–Crippen MR) is 181 cm³/mol. The molecule has 0 radical (unpaired) electrons. The van der Waals surface area contributed by atoms with Crippen molar-refractivity contribution < 1.29 is 32.6 Å². The molecule has 4 amide bonds. The first kappa shape index (κ1) is 36.6. The van der Waals surface area contributed by atoms with E-state index >= 15 is 0 Å². The first-order chi connectivity index (χ1) is 22.7. The summed E-state index contributed by atoms with van der Waals surface area (Å²) in [4.78, 5) is 41.1. The number of morpholine rings is 1. The Morgan fingerprint density at radius 3 is 2.27 bits per heavy atom. The van der Waals surface area contributed by atoms with Crippen molar-refractivity contribution in [3.63, 3.8) is 0 Å². The molecular weight excluding hydrogens is 644 g/mol. The van der Waals surface area contributed by atoms with Crippen LogP contribution in [0.5, 0.6) is 11.5 Å². The number of amides is 4. The summed E-state index contributed by atoms with van der Waals surface area (Å²) in [6.45, 7) is 5.94. The van der Waals surface area contributed by atoms with Crippen molar-refractivity contribution in [1.29, 1.82) is 0 Å². The van der Waals surface area contributed by atoms with Crippen molar-refractivity contribution in [2.24, 2.45) is 5.73 Å². The summed E-state index contributed by atoms with van der Waals surface area (Å²) in [7, 11) is 0. The van der Waals surface area contributed by atoms with Crippen LogP contribution < -0.4 is 21.1 Å². The zero-order valence-corrected chi connectivity index (χ0v) is 27.7. The van der Waals surface area contributed by atoms with Gasteiger partial charge in [0.25, 0.3) is 11.8 Å². The third-order valence-corrected chi connectivity index (χ3v) is 8.58. The van der Waals surface area contributed by atoms with Crippen molar-refractivity contribution in [2.75, 3.05) is 38.2 Å². The van der Waals surface area contributed by atoms with E-state index < -0.39 is 29.1 Å². The lowest BCUT2D eigenvalue weighted by Gasteiger charge is -2.40. The van der Waals surface area contributed by atoms with Crippen LogP contribution in [0.25, 0.3) is 0 Å². The van der Waals surface area contributed by atoms with Gasteiger partial charge in [-0.1, -0.05) is 31.9 Å². The minimum Gasteiger partial charge on any atom is -0.457 e. The zero-order chi connectivity index (χ0) is 33.3. The molecule has 5 rings (SSSR count). The molecule has 2 aliphatic rings. The number of urea groups is 1. The standard InChI is InChI=1S/C35H41F2N5O5.ClH/c1-2-3-4-26-19-25(39-35(45)40-32-20-29(33(38)43)30(36)21-31(32)37)13-14-42(26)22-23-5-9-27(10-6-23)47-28-11-7-24(8-12-28)34(44)41-15-17-46-18-16-41;/h5-12,20-21,25-26H,2-4,13-19,22H2,1H3,(H2,38,43)(H2,39,40,45);1H. The summed E-state index contributed by atoms with van der Waals surface area (Å²) in [5, 5.41) is 5.30. The number of primary amides is 1. The summed E-state index contributed by atoms with van der Waals surface area (Å²) in [6, 6.07) is 16.0. The summed E-state index contributed by atoms with van der Waals surface area (Å²) >= 11 is 0. The summed E-state index contributed by atoms with van der Waals surface area (Å²) in [5.41, 5.74) is 6.09. The molecule has 2 unspecified atom stereocenters. The second-order valence-corrected chi connectivity index (χ2v) is 11.9. The highest BCUT2D eigenvalue weighted by Gasteiger charge is 2.29. The van der Waals surface area contributed by atoms with Gasteiger partial charge in [-0.3, -0.25) is 14.5 Å². The molecule has 10 nitrogen and oxygen atoms in total. The van der Waals surface area contributed by atoms with Gasteiger partial charge in [0.15, 0.2) is 0 Å². The van der Waals surface area contributed by atoms with E-state index in [0.29, 0.717) is 55.9 Å². The predicted octanol–water partition coefficient (Wildman–Crippen LogP) is 6.10. The first-order valence-corrected chi connectivity index (χ1v) is 16.0. The maximum Gasteiger partial charge on any atom is 0.319 e. The molecule has 0 bridgehead atoms. The van der Waals surface area contributed by atoms with Crippen LogP contribution in [0.3, 0.4) is 0 Å². The zero-order valence-electron chi connectivity index (χ0n) is 26.9. The fourth-order valence-corrected chi connectivity index (χ4v) is 6.00. The molecule has 48 heavy (non-hydrogen) atoms. The Morgan fingerprint density at radius 1 is 0.958 bits per heavy atom. The number of nitrogens with two attached hydrogens (primary N) is 1. The number of carbonyl (C=O) groups excluding carboxylic acids is 3. The number of benzene rings is 3. The molecule has 0 aromatic heterocycles. The summed E-state index contributed by atoms with van der Waals surface area (Å²) in [5.74, 6) is -1.81. The van der Waals surface area contributed by atoms with E-state index in [0.717, 1.165) is 50.4 Å². The van der Waals surface area contributed by atoms with Crippen LogP contribution >= 0.6 is 12.4 Å². The molecule has 3 aromatic rings. The van der Waals surface area contributed by atoms with Gasteiger partial charge in [-0.2, -0.15) is 0 Å². The van der Waals surface area contributed by atoms with E-state index in [1.807, 2.05) is 24.3 Å². The van der Waals surface area contributed by atoms with E-state index in [9.17, 15) is 23.2 Å². The molecule has 13 heteroatoms. The van der Waals surface area contributed by atoms with E-state index in [4.69, 9.17) is 15.2 Å². The third kappa shape index (κ3) is 9.65. The molecule has 258 valence electrons. The van der Waals surface area contributed by atoms with Crippen LogP contribution in [-0.2, 0) is 11.3 Å². The number of ether oxygens (including phenoxy) is 2. The fourth-order valence-electron chi connectivity index (χ4n) is 6.00. The Bertz CT molecular complexity index is 1550. The SMILES string of the molecule is CCCCC1CC(NC(=O)Nc2cc(C(N)=O)c(F)cc2F)CCN1Cc1ccc(Oc2ccc(C(=O)N3CCOCC3)cc2)cc1.Cl. The van der Waals surface area contributed by atoms with Crippen molar-refractivity contribution in [3.8, 4) is 11.5 Å². The lowest BCUT2D eigenvalue weighted by Crippen LogP contribution is -2.50. The fraction of sp³-hybridized carbons (Fsp3) is 0.400. The monoisotopic (exact) mass is 685 g/mol. The van der Waals surface area contributed by atoms with E-state index in [1.54, 1.807) is 29.2 Å². The minimum atomic E-state index is -1.09. The Morgan fingerprint density at radius 2 is 1.62 bits per heavy atom. The van der Waals surface area contributed by atoms with Crippen LogP contribution in [0.2, 0.25) is 0 Å². The second kappa shape index (κ2) is 17.2. The summed E-state index contributed by atoms with van der Waals surface area (Å²) in [6.07, 6.45) is 4.47. The smallest absolute Gasteiger partial charge is 0.319 e. The molecule has 2 atom stereocenters. The number of halogens is 3. The number of nitrogens with one attached hydrogen (secondary N) is 2. The summed E-state index contributed by atoms with van der Waals surface area (Å²) < 4.78 is 39.5. The normalized spacial score (nSPS) is 18.0. The van der Waals surface area contributed by atoms with Crippen LogP contribution in [0.1, 0.15) is 65.3 Å². The number of piperidine rings is 1. The van der Waals surface area contributed by atoms with Gasteiger partial charge < -0.3 is 30.7 Å². The highest BCUT2D eigenvalue weighted by atomic mass is 35.5. The van der Waals surface area contributed by atoms with E-state index in [1.165, 1.54) is 0 Å². The van der Waals surface area contributed by atoms with Crippen molar-refractivity contribution in [2.45, 2.75) is 57.7 Å². The number of hydrogen-bond acceptors (Lipinski definition) is 6. The number of rotatable bonds is 11. The van der Waals surface area contributed by atoms with Crippen LogP contribution in [0.15, 0.2) is 60.7 Å². The largest absolute Gasteiger partial charge is 0.457 e. The van der Waals surface area contributed by atoms with Gasteiger partial charge in [0, 0.05) is 49.9 Å². The van der Waals surface area contributed by atoms with Gasteiger partial charge in [-0.25, -0.2) is 13.6 Å². The molecule has 2 fully saturated rings. The van der Waals surface area contributed by atoms with Crippen LogP contribution in [0.4, 0.5) is 19.3 Å². The average molecular weight is 686 g/mol. The number of nitrogens with zero attached hydrogens (tertiary/aromatic N) is 2. The Balaban J connectivity index is 0.00000520. The van der Waals surface area contributed by atoms with Gasteiger partial charge in [-0.05, 0) is 67.3 Å². The van der Waals surface area contributed by atoms with Crippen LogP contribution in [0, 0.1) is 11.6 Å². The Hall–Kier alpha value is -4.26. The topological polar surface area (TPSA) is 126 Å². The number of unbranched alkanes of at least 4 members (excludes halogenated alkanes) is 1. The van der Waals surface area contributed by atoms with Gasteiger partial charge in [0.1, 0.15) is 23.1 Å². The maximum atomic E-state index is 14.3. The molecular formula is C35H42ClF2N5O5. The molecule has 4 N–H and O–H groups in total. The van der Waals surface area contributed by atoms with Gasteiger partial charge in [-0.15, -0.1) is 12.4 Å². The number of anilines is 1. The minimum absolute atomic E-state index is 0. The third-order valence-electron chi connectivity index (χ3n) is 8.58. The second-order valence-electron chi connectivity index (χ2n) is 11.9. The number of hydrogen-bond donors (Lipinski definition) is 3.